The number of piperidine rings is 1. The fourth-order valence-electron chi connectivity index (χ4n) is 8.79. The predicted molar refractivity (Wildman–Crippen MR) is 216 cm³/mol. The first-order valence-corrected chi connectivity index (χ1v) is 19.5. The van der Waals surface area contributed by atoms with Gasteiger partial charge in [-0.25, -0.2) is 14.6 Å². The number of nitrogen functional groups attached to an aromatic ring is 1. The number of rotatable bonds is 13. The van der Waals surface area contributed by atoms with Crippen LogP contribution in [0.3, 0.4) is 0 Å². The molecule has 5 aromatic rings. The van der Waals surface area contributed by atoms with Crippen LogP contribution in [0.4, 0.5) is 11.5 Å². The molecular formula is C43H47N9O5. The number of fused-ring (bicyclic) bond motifs is 1. The van der Waals surface area contributed by atoms with Gasteiger partial charge in [-0.2, -0.15) is 5.10 Å². The first-order valence-electron chi connectivity index (χ1n) is 19.5. The van der Waals surface area contributed by atoms with Crippen molar-refractivity contribution < 1.29 is 23.9 Å². The molecule has 3 N–H and O–H groups in total. The number of aromatic nitrogens is 4. The zero-order valence-electron chi connectivity index (χ0n) is 32.2. The van der Waals surface area contributed by atoms with E-state index in [4.69, 9.17) is 15.6 Å². The van der Waals surface area contributed by atoms with E-state index < -0.39 is 11.9 Å². The number of hydrogen-bond donors (Lipinski definition) is 2. The zero-order chi connectivity index (χ0) is 39.7. The number of aldehydes is 2. The molecule has 294 valence electrons. The van der Waals surface area contributed by atoms with Crippen molar-refractivity contribution in [2.75, 3.05) is 50.9 Å². The number of hydrogen-bond acceptors (Lipinski definition) is 11. The molecule has 1 atom stereocenters. The lowest BCUT2D eigenvalue weighted by molar-refractivity contribution is -0.125. The minimum atomic E-state index is -0.828. The molecule has 8 rings (SSSR count). The smallest absolute Gasteiger partial charge is 0.255 e. The van der Waals surface area contributed by atoms with Crippen LogP contribution in [0.5, 0.6) is 11.5 Å². The van der Waals surface area contributed by atoms with Gasteiger partial charge in [0.25, 0.3) is 5.91 Å². The van der Waals surface area contributed by atoms with Gasteiger partial charge in [0.05, 0.1) is 17.0 Å². The summed E-state index contributed by atoms with van der Waals surface area (Å²) < 4.78 is 8.07. The number of amides is 2. The summed E-state index contributed by atoms with van der Waals surface area (Å²) in [6.45, 7) is 3.68. The van der Waals surface area contributed by atoms with E-state index in [9.17, 15) is 19.2 Å². The van der Waals surface area contributed by atoms with Gasteiger partial charge in [0.2, 0.25) is 5.91 Å². The number of benzene rings is 3. The number of anilines is 2. The van der Waals surface area contributed by atoms with Crippen LogP contribution >= 0.6 is 0 Å². The third-order valence-electron chi connectivity index (χ3n) is 12.2. The largest absolute Gasteiger partial charge is 0.457 e. The standard InChI is InChI=1S/C43H47N9O5/c1-45-41(55)36(9-6-20-53)49(2)42(56)35-21-30(13-10-29(35)26-54)51-24-32(25-51)50-18-16-43(17-19-50)22-31(23-43)52-40-37(39(44)46-27-47-40)38(48-52)28-11-14-34(15-12-28)57-33-7-4-3-5-8-33/h3-5,7-8,10-15,20-21,26-27,31-32,36H,6,9,16-19,22-25H2,1-2H3,(H,45,55)(H2,44,46,47). The molecule has 57 heavy (non-hydrogen) atoms. The second-order valence-electron chi connectivity index (χ2n) is 15.5. The molecule has 3 fully saturated rings. The summed E-state index contributed by atoms with van der Waals surface area (Å²) >= 11 is 0. The average molecular weight is 770 g/mol. The van der Waals surface area contributed by atoms with E-state index in [2.05, 4.69) is 29.8 Å². The predicted octanol–water partition coefficient (Wildman–Crippen LogP) is 5.15. The average Bonchev–Trinajstić information content (AvgIpc) is 3.60. The summed E-state index contributed by atoms with van der Waals surface area (Å²) in [6.07, 6.45) is 7.53. The van der Waals surface area contributed by atoms with Gasteiger partial charge in [0.1, 0.15) is 41.7 Å². The Kier molecular flexibility index (Phi) is 10.4. The Bertz CT molecular complexity index is 2270. The van der Waals surface area contributed by atoms with Crippen molar-refractivity contribution in [1.29, 1.82) is 0 Å². The van der Waals surface area contributed by atoms with Gasteiger partial charge in [0, 0.05) is 56.5 Å². The summed E-state index contributed by atoms with van der Waals surface area (Å²) in [5.41, 5.74) is 10.5. The lowest BCUT2D eigenvalue weighted by Gasteiger charge is -2.55. The van der Waals surface area contributed by atoms with Crippen molar-refractivity contribution in [3.05, 3.63) is 90.3 Å². The fraction of sp³-hybridized carbons (Fsp3) is 0.372. The maximum absolute atomic E-state index is 13.6. The van der Waals surface area contributed by atoms with Crippen LogP contribution in [-0.4, -0.2) is 106 Å². The third kappa shape index (κ3) is 7.32. The second kappa shape index (κ2) is 15.8. The first kappa shape index (κ1) is 37.8. The highest BCUT2D eigenvalue weighted by molar-refractivity contribution is 6.04. The van der Waals surface area contributed by atoms with Crippen LogP contribution in [0, 0.1) is 5.41 Å². The number of likely N-dealkylation sites (N-methyl/N-ethyl adjacent to an activating group) is 2. The van der Waals surface area contributed by atoms with Crippen LogP contribution in [-0.2, 0) is 9.59 Å². The van der Waals surface area contributed by atoms with Gasteiger partial charge in [0.15, 0.2) is 11.9 Å². The summed E-state index contributed by atoms with van der Waals surface area (Å²) in [5, 5.41) is 8.45. The first-order chi connectivity index (χ1) is 27.7. The van der Waals surface area contributed by atoms with E-state index in [1.165, 1.54) is 25.3 Å². The van der Waals surface area contributed by atoms with Crippen LogP contribution in [0.15, 0.2) is 79.1 Å². The minimum Gasteiger partial charge on any atom is -0.457 e. The summed E-state index contributed by atoms with van der Waals surface area (Å²) in [4.78, 5) is 64.2. The molecule has 0 bridgehead atoms. The van der Waals surface area contributed by atoms with Crippen molar-refractivity contribution in [2.24, 2.45) is 5.41 Å². The topological polar surface area (TPSA) is 169 Å². The summed E-state index contributed by atoms with van der Waals surface area (Å²) in [7, 11) is 3.02. The van der Waals surface area contributed by atoms with Gasteiger partial charge in [-0.1, -0.05) is 18.2 Å². The van der Waals surface area contributed by atoms with E-state index in [0.29, 0.717) is 18.1 Å². The van der Waals surface area contributed by atoms with Gasteiger partial charge in [-0.3, -0.25) is 19.3 Å². The summed E-state index contributed by atoms with van der Waals surface area (Å²) in [6, 6.07) is 22.6. The summed E-state index contributed by atoms with van der Waals surface area (Å²) in [5.74, 6) is 1.13. The van der Waals surface area contributed by atoms with Gasteiger partial charge < -0.3 is 30.4 Å². The van der Waals surface area contributed by atoms with Crippen molar-refractivity contribution in [1.82, 2.24) is 34.9 Å². The lowest BCUT2D eigenvalue weighted by atomic mass is 9.60. The molecule has 0 radical (unpaired) electrons. The Morgan fingerprint density at radius 2 is 1.70 bits per heavy atom. The monoisotopic (exact) mass is 769 g/mol. The highest BCUT2D eigenvalue weighted by Crippen LogP contribution is 2.55. The maximum Gasteiger partial charge on any atom is 0.255 e. The van der Waals surface area contributed by atoms with Crippen molar-refractivity contribution in [3.8, 4) is 22.8 Å². The van der Waals surface area contributed by atoms with Gasteiger partial charge in [-0.15, -0.1) is 0 Å². The maximum atomic E-state index is 13.6. The normalized spacial score (nSPS) is 17.4. The molecule has 1 unspecified atom stereocenters. The van der Waals surface area contributed by atoms with E-state index in [-0.39, 0.29) is 41.3 Å². The lowest BCUT2D eigenvalue weighted by Crippen LogP contribution is -2.62. The van der Waals surface area contributed by atoms with Crippen LogP contribution < -0.4 is 20.7 Å². The zero-order valence-corrected chi connectivity index (χ0v) is 32.2. The molecule has 2 aliphatic heterocycles. The number of ether oxygens (including phenoxy) is 1. The molecule has 1 saturated carbocycles. The molecule has 4 heterocycles. The Morgan fingerprint density at radius 3 is 2.39 bits per heavy atom. The van der Waals surface area contributed by atoms with Gasteiger partial charge >= 0.3 is 0 Å². The Balaban J connectivity index is 0.885. The molecule has 1 aliphatic carbocycles. The highest BCUT2D eigenvalue weighted by Gasteiger charge is 2.49. The molecule has 3 aliphatic rings. The molecule has 2 aromatic heterocycles. The Labute approximate surface area is 331 Å². The molecule has 1 spiro atoms. The molecule has 2 saturated heterocycles. The van der Waals surface area contributed by atoms with E-state index in [1.807, 2.05) is 60.7 Å². The number of nitrogens with zero attached hydrogens (tertiary/aromatic N) is 7. The number of nitrogens with two attached hydrogens (primary N) is 1. The van der Waals surface area contributed by atoms with Crippen molar-refractivity contribution >= 4 is 46.9 Å². The molecule has 3 aromatic carbocycles. The van der Waals surface area contributed by atoms with E-state index in [0.717, 1.165) is 97.6 Å². The van der Waals surface area contributed by atoms with Crippen molar-refractivity contribution in [3.63, 3.8) is 0 Å². The minimum absolute atomic E-state index is 0.138. The van der Waals surface area contributed by atoms with Crippen LogP contribution in [0.1, 0.15) is 65.3 Å². The SMILES string of the molecule is CNC(=O)C(CCC=O)N(C)C(=O)c1cc(N2CC(N3CCC4(CC3)CC(n3nc(-c5ccc(Oc6ccccc6)cc5)c5c(N)ncnc53)C4)C2)ccc1C=O. The number of likely N-dealkylation sites (tertiary alicyclic amines) is 1. The van der Waals surface area contributed by atoms with Crippen LogP contribution in [0.2, 0.25) is 0 Å². The van der Waals surface area contributed by atoms with Gasteiger partial charge in [-0.05, 0) is 105 Å². The number of carbonyl (C=O) groups excluding carboxylic acids is 4. The van der Waals surface area contributed by atoms with E-state index >= 15 is 0 Å². The molecular weight excluding hydrogens is 723 g/mol. The molecule has 14 heteroatoms. The molecule has 14 nitrogen and oxygen atoms in total. The Hall–Kier alpha value is -6.15. The number of carbonyl (C=O) groups is 4. The second-order valence-corrected chi connectivity index (χ2v) is 15.5. The quantitative estimate of drug-likeness (QED) is 0.152. The van der Waals surface area contributed by atoms with Crippen LogP contribution in [0.25, 0.3) is 22.3 Å². The third-order valence-corrected chi connectivity index (χ3v) is 12.2. The highest BCUT2D eigenvalue weighted by atomic mass is 16.5. The van der Waals surface area contributed by atoms with E-state index in [1.54, 1.807) is 12.1 Å². The van der Waals surface area contributed by atoms with Crippen molar-refractivity contribution in [2.45, 2.75) is 56.7 Å². The molecule has 2 amide bonds. The number of para-hydroxylation sites is 1. The Morgan fingerprint density at radius 1 is 0.982 bits per heavy atom. The number of nitrogens with one attached hydrogen (secondary N) is 1. The fourth-order valence-corrected chi connectivity index (χ4v) is 8.79.